The number of carbonyl (C=O) groups is 1. The topological polar surface area (TPSA) is 45.7 Å². The quantitative estimate of drug-likeness (QED) is 0.764. The second-order valence-electron chi connectivity index (χ2n) is 7.92. The maximum atomic E-state index is 12.8. The summed E-state index contributed by atoms with van der Waals surface area (Å²) in [5, 5.41) is 2.02. The second kappa shape index (κ2) is 7.60. The summed E-state index contributed by atoms with van der Waals surface area (Å²) in [6, 6.07) is 8.32. The number of methoxy groups -OCH3 is 1. The van der Waals surface area contributed by atoms with Crippen molar-refractivity contribution >= 4 is 17.2 Å². The van der Waals surface area contributed by atoms with Crippen molar-refractivity contribution in [1.29, 1.82) is 0 Å². The molecule has 144 valence electrons. The van der Waals surface area contributed by atoms with E-state index in [9.17, 15) is 4.79 Å². The van der Waals surface area contributed by atoms with Crippen molar-refractivity contribution in [2.24, 2.45) is 11.3 Å². The highest BCUT2D eigenvalue weighted by molar-refractivity contribution is 7.07. The number of amides is 1. The monoisotopic (exact) mass is 385 g/mol. The number of benzene rings is 1. The minimum absolute atomic E-state index is 0.212. The van der Waals surface area contributed by atoms with Crippen molar-refractivity contribution in [2.45, 2.75) is 32.4 Å². The molecule has 5 nitrogen and oxygen atoms in total. The SMILES string of the molecule is COc1ccc(CN2CCC3(CC2)CC3C(=O)N(C)Cc2cscn2)cc1. The van der Waals surface area contributed by atoms with Crippen molar-refractivity contribution in [1.82, 2.24) is 14.8 Å². The average molecular weight is 386 g/mol. The number of thiazole rings is 1. The fourth-order valence-corrected chi connectivity index (χ4v) is 4.85. The molecule has 0 N–H and O–H groups in total. The number of nitrogens with zero attached hydrogens (tertiary/aromatic N) is 3. The van der Waals surface area contributed by atoms with Crippen LogP contribution < -0.4 is 4.74 Å². The molecule has 1 saturated heterocycles. The van der Waals surface area contributed by atoms with E-state index in [0.29, 0.717) is 12.5 Å². The summed E-state index contributed by atoms with van der Waals surface area (Å²) in [6.07, 6.45) is 3.32. The van der Waals surface area contributed by atoms with Crippen LogP contribution in [0.4, 0.5) is 0 Å². The van der Waals surface area contributed by atoms with Gasteiger partial charge in [0, 0.05) is 24.9 Å². The van der Waals surface area contributed by atoms with E-state index in [2.05, 4.69) is 22.0 Å². The Bertz CT molecular complexity index is 767. The summed E-state index contributed by atoms with van der Waals surface area (Å²) in [5.41, 5.74) is 4.38. The molecule has 1 saturated carbocycles. The Kier molecular flexibility index (Phi) is 5.19. The van der Waals surface area contributed by atoms with Gasteiger partial charge in [0.05, 0.1) is 24.9 Å². The highest BCUT2D eigenvalue weighted by Crippen LogP contribution is 2.60. The lowest BCUT2D eigenvalue weighted by Gasteiger charge is -2.33. The lowest BCUT2D eigenvalue weighted by Crippen LogP contribution is -2.37. The van der Waals surface area contributed by atoms with E-state index in [0.717, 1.165) is 50.3 Å². The van der Waals surface area contributed by atoms with Gasteiger partial charge >= 0.3 is 0 Å². The molecule has 1 unspecified atom stereocenters. The molecule has 1 atom stereocenters. The van der Waals surface area contributed by atoms with Gasteiger partial charge in [0.15, 0.2) is 0 Å². The van der Waals surface area contributed by atoms with Gasteiger partial charge in [-0.1, -0.05) is 12.1 Å². The number of carbonyl (C=O) groups excluding carboxylic acids is 1. The zero-order valence-electron chi connectivity index (χ0n) is 16.1. The molecule has 0 bridgehead atoms. The number of hydrogen-bond donors (Lipinski definition) is 0. The largest absolute Gasteiger partial charge is 0.497 e. The fraction of sp³-hybridized carbons (Fsp3) is 0.524. The third kappa shape index (κ3) is 4.01. The molecule has 27 heavy (non-hydrogen) atoms. The molecule has 2 aliphatic rings. The Balaban J connectivity index is 1.27. The molecule has 6 heteroatoms. The first-order chi connectivity index (χ1) is 13.1. The predicted octanol–water partition coefficient (Wildman–Crippen LogP) is 3.41. The van der Waals surface area contributed by atoms with Gasteiger partial charge in [-0.2, -0.15) is 0 Å². The summed E-state index contributed by atoms with van der Waals surface area (Å²) in [5.74, 6) is 1.41. The lowest BCUT2D eigenvalue weighted by molar-refractivity contribution is -0.133. The summed E-state index contributed by atoms with van der Waals surface area (Å²) in [6.45, 7) is 3.75. The van der Waals surface area contributed by atoms with Gasteiger partial charge in [-0.05, 0) is 55.5 Å². The van der Waals surface area contributed by atoms with E-state index in [-0.39, 0.29) is 11.3 Å². The molecule has 2 aromatic rings. The first-order valence-corrected chi connectivity index (χ1v) is 10.5. The van der Waals surface area contributed by atoms with Crippen LogP contribution in [-0.4, -0.2) is 47.9 Å². The van der Waals surface area contributed by atoms with Crippen LogP contribution in [-0.2, 0) is 17.9 Å². The fourth-order valence-electron chi connectivity index (χ4n) is 4.30. The normalized spacial score (nSPS) is 21.2. The Hall–Kier alpha value is -1.92. The summed E-state index contributed by atoms with van der Waals surface area (Å²) < 4.78 is 5.23. The Morgan fingerprint density at radius 3 is 2.70 bits per heavy atom. The second-order valence-corrected chi connectivity index (χ2v) is 8.64. The van der Waals surface area contributed by atoms with Gasteiger partial charge in [0.2, 0.25) is 5.91 Å². The molecule has 1 spiro atoms. The Morgan fingerprint density at radius 1 is 1.33 bits per heavy atom. The maximum absolute atomic E-state index is 12.8. The Morgan fingerprint density at radius 2 is 2.07 bits per heavy atom. The molecule has 4 rings (SSSR count). The molecule has 2 heterocycles. The van der Waals surface area contributed by atoms with Gasteiger partial charge in [0.25, 0.3) is 0 Å². The molecular weight excluding hydrogens is 358 g/mol. The van der Waals surface area contributed by atoms with Gasteiger partial charge in [-0.15, -0.1) is 11.3 Å². The van der Waals surface area contributed by atoms with Gasteiger partial charge < -0.3 is 9.64 Å². The average Bonchev–Trinajstić information content (AvgIpc) is 3.13. The van der Waals surface area contributed by atoms with Gasteiger partial charge in [-0.25, -0.2) is 4.98 Å². The number of rotatable bonds is 6. The molecule has 1 aliphatic heterocycles. The molecule has 1 aromatic heterocycles. The number of piperidine rings is 1. The van der Waals surface area contributed by atoms with Crippen molar-refractivity contribution < 1.29 is 9.53 Å². The van der Waals surface area contributed by atoms with Crippen LogP contribution in [0, 0.1) is 11.3 Å². The number of likely N-dealkylation sites (tertiary alicyclic amines) is 1. The summed E-state index contributed by atoms with van der Waals surface area (Å²) in [7, 11) is 3.60. The van der Waals surface area contributed by atoms with E-state index in [1.54, 1.807) is 18.4 Å². The third-order valence-corrected chi connectivity index (χ3v) is 6.80. The number of aromatic nitrogens is 1. The minimum atomic E-state index is 0.212. The molecule has 1 aliphatic carbocycles. The van der Waals surface area contributed by atoms with E-state index < -0.39 is 0 Å². The predicted molar refractivity (Wildman–Crippen MR) is 107 cm³/mol. The van der Waals surface area contributed by atoms with Crippen LogP contribution in [0.3, 0.4) is 0 Å². The molecular formula is C21H27N3O2S. The summed E-state index contributed by atoms with van der Waals surface area (Å²) in [4.78, 5) is 21.5. The minimum Gasteiger partial charge on any atom is -0.497 e. The van der Waals surface area contributed by atoms with Crippen molar-refractivity contribution in [3.05, 3.63) is 46.4 Å². The molecule has 1 aromatic carbocycles. The smallest absolute Gasteiger partial charge is 0.226 e. The number of ether oxygens (including phenoxy) is 1. The van der Waals surface area contributed by atoms with Crippen LogP contribution in [0.5, 0.6) is 5.75 Å². The summed E-state index contributed by atoms with van der Waals surface area (Å²) >= 11 is 1.58. The first kappa shape index (κ1) is 18.4. The standard InChI is InChI=1S/C21H27N3O2S/c1-23(13-17-14-27-15-22-17)20(25)19-11-21(19)7-9-24(10-8-21)12-16-3-5-18(26-2)6-4-16/h3-6,14-15,19H,7-13H2,1-2H3. The zero-order valence-corrected chi connectivity index (χ0v) is 16.9. The van der Waals surface area contributed by atoms with E-state index in [4.69, 9.17) is 4.74 Å². The third-order valence-electron chi connectivity index (χ3n) is 6.16. The van der Waals surface area contributed by atoms with Gasteiger partial charge in [0.1, 0.15) is 5.75 Å². The van der Waals surface area contributed by atoms with Crippen LogP contribution >= 0.6 is 11.3 Å². The van der Waals surface area contributed by atoms with Crippen molar-refractivity contribution in [3.63, 3.8) is 0 Å². The van der Waals surface area contributed by atoms with Crippen LogP contribution in [0.15, 0.2) is 35.2 Å². The van der Waals surface area contributed by atoms with Crippen LogP contribution in [0.2, 0.25) is 0 Å². The first-order valence-electron chi connectivity index (χ1n) is 9.57. The van der Waals surface area contributed by atoms with Crippen LogP contribution in [0.1, 0.15) is 30.5 Å². The maximum Gasteiger partial charge on any atom is 0.226 e. The van der Waals surface area contributed by atoms with E-state index >= 15 is 0 Å². The van der Waals surface area contributed by atoms with Crippen molar-refractivity contribution in [3.8, 4) is 5.75 Å². The number of hydrogen-bond acceptors (Lipinski definition) is 5. The lowest BCUT2D eigenvalue weighted by atomic mass is 9.90. The van der Waals surface area contributed by atoms with E-state index in [1.807, 2.05) is 35.0 Å². The highest BCUT2D eigenvalue weighted by atomic mass is 32.1. The molecule has 0 radical (unpaired) electrons. The van der Waals surface area contributed by atoms with Crippen molar-refractivity contribution in [2.75, 3.05) is 27.2 Å². The zero-order chi connectivity index (χ0) is 18.9. The highest BCUT2D eigenvalue weighted by Gasteiger charge is 2.58. The van der Waals surface area contributed by atoms with Crippen LogP contribution in [0.25, 0.3) is 0 Å². The Labute approximate surface area is 165 Å². The molecule has 2 fully saturated rings. The van der Waals surface area contributed by atoms with E-state index in [1.165, 1.54) is 5.56 Å². The molecule has 1 amide bonds. The van der Waals surface area contributed by atoms with Gasteiger partial charge in [-0.3, -0.25) is 9.69 Å².